The van der Waals surface area contributed by atoms with Gasteiger partial charge in [0.25, 0.3) is 0 Å². The van der Waals surface area contributed by atoms with Crippen LogP contribution in [-0.2, 0) is 9.59 Å². The lowest BCUT2D eigenvalue weighted by atomic mass is 9.97. The zero-order valence-corrected chi connectivity index (χ0v) is 10.5. The number of carbonyl (C=O) groups excluding carboxylic acids is 1. The Hall–Kier alpha value is -1.10. The van der Waals surface area contributed by atoms with E-state index in [1.54, 1.807) is 0 Å². The molecule has 0 aromatic heterocycles. The highest BCUT2D eigenvalue weighted by molar-refractivity contribution is 5.79. The van der Waals surface area contributed by atoms with Crippen molar-refractivity contribution >= 4 is 11.9 Å². The Morgan fingerprint density at radius 2 is 2.18 bits per heavy atom. The van der Waals surface area contributed by atoms with E-state index >= 15 is 0 Å². The minimum absolute atomic E-state index is 0.0506. The van der Waals surface area contributed by atoms with Gasteiger partial charge in [-0.1, -0.05) is 6.92 Å². The minimum Gasteiger partial charge on any atom is -0.481 e. The molecule has 0 radical (unpaired) electrons. The summed E-state index contributed by atoms with van der Waals surface area (Å²) >= 11 is 0. The van der Waals surface area contributed by atoms with Crippen molar-refractivity contribution in [3.8, 4) is 0 Å². The van der Waals surface area contributed by atoms with Crippen molar-refractivity contribution in [2.24, 2.45) is 11.8 Å². The zero-order chi connectivity index (χ0) is 12.8. The highest BCUT2D eigenvalue weighted by Gasteiger charge is 2.29. The van der Waals surface area contributed by atoms with Crippen LogP contribution in [0.15, 0.2) is 0 Å². The van der Waals surface area contributed by atoms with E-state index in [0.717, 1.165) is 13.1 Å². The maximum atomic E-state index is 11.9. The van der Waals surface area contributed by atoms with Crippen LogP contribution in [0.3, 0.4) is 0 Å². The molecule has 5 heteroatoms. The van der Waals surface area contributed by atoms with Gasteiger partial charge in [-0.15, -0.1) is 0 Å². The van der Waals surface area contributed by atoms with Gasteiger partial charge in [0.05, 0.1) is 5.92 Å². The summed E-state index contributed by atoms with van der Waals surface area (Å²) < 4.78 is 0. The first-order valence-electron chi connectivity index (χ1n) is 6.23. The molecule has 3 unspecified atom stereocenters. The van der Waals surface area contributed by atoms with E-state index in [2.05, 4.69) is 17.6 Å². The predicted octanol–water partition coefficient (Wildman–Crippen LogP) is 0.602. The molecule has 1 aliphatic rings. The smallest absolute Gasteiger partial charge is 0.303 e. The molecule has 3 atom stereocenters. The van der Waals surface area contributed by atoms with Gasteiger partial charge in [0.1, 0.15) is 0 Å². The lowest BCUT2D eigenvalue weighted by Crippen LogP contribution is -2.39. The zero-order valence-electron chi connectivity index (χ0n) is 10.5. The molecule has 1 amide bonds. The maximum Gasteiger partial charge on any atom is 0.303 e. The number of rotatable bonds is 6. The molecule has 1 fully saturated rings. The molecule has 1 rings (SSSR count). The third-order valence-electron chi connectivity index (χ3n) is 3.27. The van der Waals surface area contributed by atoms with Gasteiger partial charge < -0.3 is 15.7 Å². The van der Waals surface area contributed by atoms with E-state index in [4.69, 9.17) is 5.11 Å². The fourth-order valence-electron chi connectivity index (χ4n) is 2.14. The molecule has 1 saturated heterocycles. The quantitative estimate of drug-likeness (QED) is 0.637. The van der Waals surface area contributed by atoms with E-state index in [0.29, 0.717) is 18.8 Å². The maximum absolute atomic E-state index is 11.9. The van der Waals surface area contributed by atoms with Gasteiger partial charge in [0, 0.05) is 19.0 Å². The van der Waals surface area contributed by atoms with E-state index in [-0.39, 0.29) is 24.3 Å². The van der Waals surface area contributed by atoms with Crippen molar-refractivity contribution in [3.05, 3.63) is 0 Å². The molecule has 3 N–H and O–H groups in total. The van der Waals surface area contributed by atoms with Gasteiger partial charge in [-0.25, -0.2) is 0 Å². The van der Waals surface area contributed by atoms with Gasteiger partial charge in [0.2, 0.25) is 5.91 Å². The molecule has 0 aromatic carbocycles. The van der Waals surface area contributed by atoms with Gasteiger partial charge in [-0.05, 0) is 32.2 Å². The largest absolute Gasteiger partial charge is 0.481 e. The summed E-state index contributed by atoms with van der Waals surface area (Å²) in [5, 5.41) is 14.7. The van der Waals surface area contributed by atoms with Crippen molar-refractivity contribution in [2.45, 2.75) is 39.2 Å². The molecular weight excluding hydrogens is 220 g/mol. The third-order valence-corrected chi connectivity index (χ3v) is 3.27. The summed E-state index contributed by atoms with van der Waals surface area (Å²) in [6, 6.07) is 0.0506. The van der Waals surface area contributed by atoms with Crippen molar-refractivity contribution in [3.63, 3.8) is 0 Å². The standard InChI is InChI=1S/C12H22N2O3/c1-8-6-13-7-10(8)12(17)14-9(2)4-3-5-11(15)16/h8-10,13H,3-7H2,1-2H3,(H,14,17)(H,15,16). The van der Waals surface area contributed by atoms with Crippen LogP contribution in [0.25, 0.3) is 0 Å². The van der Waals surface area contributed by atoms with E-state index in [9.17, 15) is 9.59 Å². The fourth-order valence-corrected chi connectivity index (χ4v) is 2.14. The summed E-state index contributed by atoms with van der Waals surface area (Å²) in [5.74, 6) is -0.263. The summed E-state index contributed by atoms with van der Waals surface area (Å²) in [6.07, 6.45) is 1.49. The van der Waals surface area contributed by atoms with Crippen LogP contribution < -0.4 is 10.6 Å². The van der Waals surface area contributed by atoms with E-state index < -0.39 is 5.97 Å². The van der Waals surface area contributed by atoms with Crippen molar-refractivity contribution in [1.29, 1.82) is 0 Å². The predicted molar refractivity (Wildman–Crippen MR) is 64.6 cm³/mol. The number of carboxylic acid groups (broad SMARTS) is 1. The average Bonchev–Trinajstić information content (AvgIpc) is 2.63. The van der Waals surface area contributed by atoms with Crippen molar-refractivity contribution in [1.82, 2.24) is 10.6 Å². The number of carbonyl (C=O) groups is 2. The van der Waals surface area contributed by atoms with Gasteiger partial charge in [-0.2, -0.15) is 0 Å². The average molecular weight is 242 g/mol. The second kappa shape index (κ2) is 6.59. The Morgan fingerprint density at radius 1 is 1.47 bits per heavy atom. The molecular formula is C12H22N2O3. The summed E-state index contributed by atoms with van der Waals surface area (Å²) in [7, 11) is 0. The number of nitrogens with one attached hydrogen (secondary N) is 2. The van der Waals surface area contributed by atoms with E-state index in [1.807, 2.05) is 6.92 Å². The first-order chi connectivity index (χ1) is 8.00. The Labute approximate surface area is 102 Å². The second-order valence-electron chi connectivity index (χ2n) is 4.94. The number of aliphatic carboxylic acids is 1. The minimum atomic E-state index is -0.780. The molecule has 1 heterocycles. The van der Waals surface area contributed by atoms with Gasteiger partial charge in [0.15, 0.2) is 0 Å². The Morgan fingerprint density at radius 3 is 2.71 bits per heavy atom. The first-order valence-corrected chi connectivity index (χ1v) is 6.23. The van der Waals surface area contributed by atoms with Gasteiger partial charge >= 0.3 is 5.97 Å². The van der Waals surface area contributed by atoms with Crippen LogP contribution in [0.4, 0.5) is 0 Å². The monoisotopic (exact) mass is 242 g/mol. The van der Waals surface area contributed by atoms with E-state index in [1.165, 1.54) is 0 Å². The Bertz CT molecular complexity index is 281. The van der Waals surface area contributed by atoms with Crippen LogP contribution in [0.1, 0.15) is 33.1 Å². The molecule has 17 heavy (non-hydrogen) atoms. The second-order valence-corrected chi connectivity index (χ2v) is 4.94. The first kappa shape index (κ1) is 14.0. The molecule has 5 nitrogen and oxygen atoms in total. The molecule has 0 aliphatic carbocycles. The molecule has 98 valence electrons. The van der Waals surface area contributed by atoms with Crippen molar-refractivity contribution < 1.29 is 14.7 Å². The topological polar surface area (TPSA) is 78.4 Å². The lowest BCUT2D eigenvalue weighted by molar-refractivity contribution is -0.137. The summed E-state index contributed by atoms with van der Waals surface area (Å²) in [4.78, 5) is 22.3. The number of hydrogen-bond donors (Lipinski definition) is 3. The lowest BCUT2D eigenvalue weighted by Gasteiger charge is -2.18. The summed E-state index contributed by atoms with van der Waals surface area (Å²) in [6.45, 7) is 5.63. The molecule has 0 aromatic rings. The summed E-state index contributed by atoms with van der Waals surface area (Å²) in [5.41, 5.74) is 0. The van der Waals surface area contributed by atoms with Crippen LogP contribution >= 0.6 is 0 Å². The SMILES string of the molecule is CC(CCCC(=O)O)NC(=O)C1CNCC1C. The number of amides is 1. The molecule has 0 bridgehead atoms. The Balaban J connectivity index is 2.23. The van der Waals surface area contributed by atoms with Crippen LogP contribution in [0.2, 0.25) is 0 Å². The van der Waals surface area contributed by atoms with Crippen LogP contribution in [0, 0.1) is 11.8 Å². The normalized spacial score (nSPS) is 25.5. The molecule has 0 spiro atoms. The number of hydrogen-bond acceptors (Lipinski definition) is 3. The van der Waals surface area contributed by atoms with Crippen LogP contribution in [0.5, 0.6) is 0 Å². The number of carboxylic acids is 1. The van der Waals surface area contributed by atoms with Crippen LogP contribution in [-0.4, -0.2) is 36.1 Å². The highest BCUT2D eigenvalue weighted by atomic mass is 16.4. The molecule has 1 aliphatic heterocycles. The van der Waals surface area contributed by atoms with Crippen molar-refractivity contribution in [2.75, 3.05) is 13.1 Å². The molecule has 0 saturated carbocycles. The highest BCUT2D eigenvalue weighted by Crippen LogP contribution is 2.16. The Kier molecular flexibility index (Phi) is 5.41. The fraction of sp³-hybridized carbons (Fsp3) is 0.833. The van der Waals surface area contributed by atoms with Gasteiger partial charge in [-0.3, -0.25) is 9.59 Å². The third kappa shape index (κ3) is 4.73.